The highest BCUT2D eigenvalue weighted by Gasteiger charge is 2.11. The highest BCUT2D eigenvalue weighted by atomic mass is 32.1. The number of aryl methyl sites for hydroxylation is 1. The van der Waals surface area contributed by atoms with Crippen molar-refractivity contribution in [1.29, 1.82) is 0 Å². The Morgan fingerprint density at radius 3 is 2.92 bits per heavy atom. The summed E-state index contributed by atoms with van der Waals surface area (Å²) in [7, 11) is 1.86. The van der Waals surface area contributed by atoms with Crippen LogP contribution < -0.4 is 5.32 Å². The van der Waals surface area contributed by atoms with Crippen LogP contribution in [0.5, 0.6) is 0 Å². The Kier molecular flexibility index (Phi) is 3.90. The number of thiazole rings is 1. The summed E-state index contributed by atoms with van der Waals surface area (Å²) in [6.07, 6.45) is 6.56. The second-order valence-corrected chi connectivity index (χ2v) is 6.18. The predicted molar refractivity (Wildman–Crippen MR) is 92.8 cm³/mol. The van der Waals surface area contributed by atoms with E-state index in [4.69, 9.17) is 0 Å². The first-order chi connectivity index (χ1) is 12.2. The third-order valence-corrected chi connectivity index (χ3v) is 4.44. The highest BCUT2D eigenvalue weighted by molar-refractivity contribution is 7.13. The third-order valence-electron chi connectivity index (χ3n) is 3.55. The first-order valence-electron chi connectivity index (χ1n) is 7.48. The molecule has 0 spiro atoms. The monoisotopic (exact) mass is 351 g/mol. The number of carbonyl (C=O) groups is 1. The van der Waals surface area contributed by atoms with E-state index in [1.54, 1.807) is 41.6 Å². The van der Waals surface area contributed by atoms with E-state index < -0.39 is 0 Å². The number of pyridine rings is 1. The smallest absolute Gasteiger partial charge is 0.253 e. The van der Waals surface area contributed by atoms with Crippen LogP contribution in [0.2, 0.25) is 0 Å². The number of amides is 1. The number of hydrogen-bond acceptors (Lipinski definition) is 7. The molecule has 9 heteroatoms. The van der Waals surface area contributed by atoms with Crippen molar-refractivity contribution in [1.82, 2.24) is 34.8 Å². The van der Waals surface area contributed by atoms with Gasteiger partial charge in [-0.15, -0.1) is 11.3 Å². The Balaban J connectivity index is 1.45. The maximum atomic E-state index is 12.3. The Bertz CT molecular complexity index is 1040. The van der Waals surface area contributed by atoms with Crippen molar-refractivity contribution in [3.63, 3.8) is 0 Å². The van der Waals surface area contributed by atoms with Gasteiger partial charge in [-0.25, -0.2) is 24.9 Å². The average Bonchev–Trinajstić information content (AvgIpc) is 3.27. The summed E-state index contributed by atoms with van der Waals surface area (Å²) in [5.74, 6) is 0.362. The zero-order chi connectivity index (χ0) is 17.2. The molecule has 0 unspecified atom stereocenters. The van der Waals surface area contributed by atoms with Gasteiger partial charge in [-0.1, -0.05) is 0 Å². The fourth-order valence-corrected chi connectivity index (χ4v) is 3.08. The lowest BCUT2D eigenvalue weighted by Gasteiger charge is -2.03. The molecule has 4 heterocycles. The van der Waals surface area contributed by atoms with Gasteiger partial charge in [-0.2, -0.15) is 0 Å². The van der Waals surface area contributed by atoms with Crippen LogP contribution in [0.3, 0.4) is 0 Å². The zero-order valence-corrected chi connectivity index (χ0v) is 14.1. The van der Waals surface area contributed by atoms with Crippen molar-refractivity contribution in [2.45, 2.75) is 6.54 Å². The summed E-state index contributed by atoms with van der Waals surface area (Å²) in [6.45, 7) is 0.322. The molecule has 0 aromatic carbocycles. The maximum absolute atomic E-state index is 12.3. The van der Waals surface area contributed by atoms with E-state index >= 15 is 0 Å². The summed E-state index contributed by atoms with van der Waals surface area (Å²) in [4.78, 5) is 33.6. The number of aromatic nitrogens is 6. The molecule has 4 aromatic heterocycles. The van der Waals surface area contributed by atoms with Crippen LogP contribution in [0.15, 0.2) is 42.4 Å². The lowest BCUT2D eigenvalue weighted by Crippen LogP contribution is -2.23. The molecule has 1 amide bonds. The Morgan fingerprint density at radius 1 is 1.24 bits per heavy atom. The van der Waals surface area contributed by atoms with E-state index in [-0.39, 0.29) is 5.91 Å². The first-order valence-corrected chi connectivity index (χ1v) is 8.36. The van der Waals surface area contributed by atoms with Gasteiger partial charge in [0.2, 0.25) is 0 Å². The number of rotatable bonds is 4. The molecule has 0 aliphatic carbocycles. The molecule has 4 aromatic rings. The van der Waals surface area contributed by atoms with Gasteiger partial charge < -0.3 is 9.88 Å². The molecule has 1 N–H and O–H groups in total. The molecular weight excluding hydrogens is 338 g/mol. The second-order valence-electron chi connectivity index (χ2n) is 5.32. The largest absolute Gasteiger partial charge is 0.346 e. The van der Waals surface area contributed by atoms with Crippen LogP contribution >= 0.6 is 11.3 Å². The van der Waals surface area contributed by atoms with E-state index in [0.29, 0.717) is 23.4 Å². The van der Waals surface area contributed by atoms with Crippen LogP contribution in [0.1, 0.15) is 16.1 Å². The molecule has 124 valence electrons. The first kappa shape index (κ1) is 15.3. The zero-order valence-electron chi connectivity index (χ0n) is 13.2. The molecular formula is C16H13N7OS. The van der Waals surface area contributed by atoms with Crippen LogP contribution in [0.4, 0.5) is 0 Å². The molecule has 0 saturated heterocycles. The molecule has 0 radical (unpaired) electrons. The molecule has 25 heavy (non-hydrogen) atoms. The van der Waals surface area contributed by atoms with Crippen LogP contribution in [0, 0.1) is 0 Å². The molecule has 0 aliphatic heterocycles. The van der Waals surface area contributed by atoms with Crippen LogP contribution in [-0.2, 0) is 13.6 Å². The van der Waals surface area contributed by atoms with Gasteiger partial charge in [0, 0.05) is 31.0 Å². The number of hydrogen-bond donors (Lipinski definition) is 1. The minimum absolute atomic E-state index is 0.217. The van der Waals surface area contributed by atoms with Gasteiger partial charge in [-0.3, -0.25) is 4.79 Å². The summed E-state index contributed by atoms with van der Waals surface area (Å²) in [5, 5.41) is 5.45. The van der Waals surface area contributed by atoms with E-state index in [2.05, 4.69) is 30.2 Å². The normalized spacial score (nSPS) is 10.9. The van der Waals surface area contributed by atoms with Gasteiger partial charge in [0.15, 0.2) is 16.5 Å². The van der Waals surface area contributed by atoms with Crippen molar-refractivity contribution in [2.75, 3.05) is 0 Å². The molecule has 0 fully saturated rings. The number of fused-ring (bicyclic) bond motifs is 1. The summed E-state index contributed by atoms with van der Waals surface area (Å²) >= 11 is 1.44. The summed E-state index contributed by atoms with van der Waals surface area (Å²) in [6, 6.07) is 3.48. The van der Waals surface area contributed by atoms with E-state index in [1.807, 2.05) is 12.4 Å². The standard InChI is InChI=1S/C16H13N7OS/c1-23-9-21-12-5-10(6-19-14(12)23)15(24)20-7-11-8-25-16(22-11)13-17-3-2-4-18-13/h2-6,8-9H,7H2,1H3,(H,20,24). The number of nitrogens with zero attached hydrogens (tertiary/aromatic N) is 6. The van der Waals surface area contributed by atoms with Gasteiger partial charge in [0.05, 0.1) is 24.1 Å². The molecule has 0 bridgehead atoms. The van der Waals surface area contributed by atoms with Crippen molar-refractivity contribution in [3.05, 3.63) is 53.7 Å². The minimum Gasteiger partial charge on any atom is -0.346 e. The van der Waals surface area contributed by atoms with Crippen molar-refractivity contribution < 1.29 is 4.79 Å². The average molecular weight is 351 g/mol. The quantitative estimate of drug-likeness (QED) is 0.602. The van der Waals surface area contributed by atoms with Crippen LogP contribution in [-0.4, -0.2) is 35.4 Å². The van der Waals surface area contributed by atoms with Crippen molar-refractivity contribution in [3.8, 4) is 10.8 Å². The molecule has 0 atom stereocenters. The topological polar surface area (TPSA) is 98.5 Å². The highest BCUT2D eigenvalue weighted by Crippen LogP contribution is 2.19. The lowest BCUT2D eigenvalue weighted by atomic mass is 10.2. The Hall–Kier alpha value is -3.20. The lowest BCUT2D eigenvalue weighted by molar-refractivity contribution is 0.0950. The fraction of sp³-hybridized carbons (Fsp3) is 0.125. The van der Waals surface area contributed by atoms with Crippen molar-refractivity contribution in [2.24, 2.45) is 7.05 Å². The van der Waals surface area contributed by atoms with E-state index in [1.165, 1.54) is 11.3 Å². The number of nitrogens with one attached hydrogen (secondary N) is 1. The maximum Gasteiger partial charge on any atom is 0.253 e. The van der Waals surface area contributed by atoms with Gasteiger partial charge in [0.25, 0.3) is 5.91 Å². The minimum atomic E-state index is -0.217. The number of carbonyl (C=O) groups excluding carboxylic acids is 1. The SMILES string of the molecule is Cn1cnc2cc(C(=O)NCc3csc(-c4ncccn4)n3)cnc21. The van der Waals surface area contributed by atoms with E-state index in [0.717, 1.165) is 16.3 Å². The fourth-order valence-electron chi connectivity index (χ4n) is 2.31. The molecule has 4 rings (SSSR count). The second kappa shape index (κ2) is 6.36. The molecule has 8 nitrogen and oxygen atoms in total. The summed E-state index contributed by atoms with van der Waals surface area (Å²) in [5.41, 5.74) is 2.65. The van der Waals surface area contributed by atoms with Crippen LogP contribution in [0.25, 0.3) is 22.0 Å². The van der Waals surface area contributed by atoms with E-state index in [9.17, 15) is 4.79 Å². The van der Waals surface area contributed by atoms with Gasteiger partial charge in [-0.05, 0) is 12.1 Å². The Labute approximate surface area is 146 Å². The summed E-state index contributed by atoms with van der Waals surface area (Å²) < 4.78 is 1.81. The molecule has 0 aliphatic rings. The van der Waals surface area contributed by atoms with Gasteiger partial charge >= 0.3 is 0 Å². The Morgan fingerprint density at radius 2 is 2.08 bits per heavy atom. The third kappa shape index (κ3) is 3.09. The molecule has 0 saturated carbocycles. The predicted octanol–water partition coefficient (Wildman–Crippen LogP) is 1.81. The van der Waals surface area contributed by atoms with Crippen molar-refractivity contribution >= 4 is 28.4 Å². The van der Waals surface area contributed by atoms with Gasteiger partial charge in [0.1, 0.15) is 5.52 Å². The number of imidazole rings is 1.